The van der Waals surface area contributed by atoms with Crippen LogP contribution in [0.3, 0.4) is 0 Å². The van der Waals surface area contributed by atoms with Gasteiger partial charge in [0.05, 0.1) is 24.5 Å². The third-order valence-electron chi connectivity index (χ3n) is 4.90. The molecule has 1 atom stereocenters. The Morgan fingerprint density at radius 3 is 2.43 bits per heavy atom. The van der Waals surface area contributed by atoms with Crippen LogP contribution in [0.2, 0.25) is 0 Å². The normalized spacial score (nSPS) is 16.2. The Morgan fingerprint density at radius 2 is 1.80 bits per heavy atom. The number of rotatable bonds is 7. The molecule has 0 fully saturated rings. The van der Waals surface area contributed by atoms with Crippen LogP contribution in [0.4, 0.5) is 5.69 Å². The number of hydrogen-bond acceptors (Lipinski definition) is 5. The van der Waals surface area contributed by atoms with Crippen molar-refractivity contribution in [1.29, 1.82) is 0 Å². The fourth-order valence-electron chi connectivity index (χ4n) is 3.51. The summed E-state index contributed by atoms with van der Waals surface area (Å²) >= 11 is 0. The van der Waals surface area contributed by atoms with Crippen molar-refractivity contribution in [2.75, 3.05) is 11.5 Å². The Balaban J connectivity index is 1.79. The summed E-state index contributed by atoms with van der Waals surface area (Å²) in [5.41, 5.74) is 1.24. The highest BCUT2D eigenvalue weighted by molar-refractivity contribution is 6.20. The zero-order valence-electron chi connectivity index (χ0n) is 16.4. The van der Waals surface area contributed by atoms with Crippen molar-refractivity contribution in [2.45, 2.75) is 19.4 Å². The molecule has 3 aromatic rings. The lowest BCUT2D eigenvalue weighted by molar-refractivity contribution is -0.117. The number of anilines is 1. The van der Waals surface area contributed by atoms with Crippen LogP contribution in [-0.4, -0.2) is 23.4 Å². The molecule has 4 rings (SSSR count). The zero-order valence-corrected chi connectivity index (χ0v) is 16.4. The minimum atomic E-state index is -0.794. The number of furan rings is 1. The molecule has 2 aromatic carbocycles. The number of ether oxygens (including phenoxy) is 1. The van der Waals surface area contributed by atoms with Crippen molar-refractivity contribution < 1.29 is 23.8 Å². The molecule has 1 aromatic heterocycles. The summed E-state index contributed by atoms with van der Waals surface area (Å²) in [6.45, 7) is 2.62. The van der Waals surface area contributed by atoms with Gasteiger partial charge in [-0.2, -0.15) is 0 Å². The van der Waals surface area contributed by atoms with E-state index in [1.807, 2.05) is 13.0 Å². The summed E-state index contributed by atoms with van der Waals surface area (Å²) in [6, 6.07) is 18.4. The highest BCUT2D eigenvalue weighted by atomic mass is 16.5. The highest BCUT2D eigenvalue weighted by Gasteiger charge is 2.45. The molecule has 2 heterocycles. The molecule has 1 unspecified atom stereocenters. The van der Waals surface area contributed by atoms with E-state index < -0.39 is 23.5 Å². The molecule has 152 valence electrons. The number of carbonyl (C=O) groups excluding carboxylic acids is 2. The summed E-state index contributed by atoms with van der Waals surface area (Å²) in [5, 5.41) is 10.7. The van der Waals surface area contributed by atoms with Gasteiger partial charge in [0, 0.05) is 5.69 Å². The monoisotopic (exact) mass is 403 g/mol. The van der Waals surface area contributed by atoms with Crippen LogP contribution < -0.4 is 9.64 Å². The number of Topliss-reactive ketones (excluding diaryl/α,β-unsaturated/α-hetero) is 1. The SMILES string of the molecule is CCCOc1ccc(C2C(C(=O)c3ccco3)=C(O)C(=O)N2c2ccccc2)cc1. The lowest BCUT2D eigenvalue weighted by atomic mass is 9.94. The number of nitrogens with zero attached hydrogens (tertiary/aromatic N) is 1. The van der Waals surface area contributed by atoms with E-state index in [-0.39, 0.29) is 11.3 Å². The van der Waals surface area contributed by atoms with E-state index in [4.69, 9.17) is 9.15 Å². The molecule has 0 aliphatic carbocycles. The van der Waals surface area contributed by atoms with Crippen molar-refractivity contribution >= 4 is 17.4 Å². The van der Waals surface area contributed by atoms with Gasteiger partial charge in [0.2, 0.25) is 5.78 Å². The minimum Gasteiger partial charge on any atom is -0.503 e. The Hall–Kier alpha value is -3.80. The maximum absolute atomic E-state index is 13.1. The van der Waals surface area contributed by atoms with Crippen LogP contribution in [-0.2, 0) is 4.79 Å². The van der Waals surface area contributed by atoms with Crippen molar-refractivity contribution in [3.8, 4) is 5.75 Å². The number of amides is 1. The average molecular weight is 403 g/mol. The van der Waals surface area contributed by atoms with E-state index in [1.54, 1.807) is 54.6 Å². The molecule has 0 saturated carbocycles. The van der Waals surface area contributed by atoms with Gasteiger partial charge in [0.1, 0.15) is 5.75 Å². The third-order valence-corrected chi connectivity index (χ3v) is 4.90. The first-order valence-electron chi connectivity index (χ1n) is 9.74. The van der Waals surface area contributed by atoms with Gasteiger partial charge in [-0.1, -0.05) is 37.3 Å². The van der Waals surface area contributed by atoms with E-state index in [0.29, 0.717) is 23.6 Å². The van der Waals surface area contributed by atoms with Gasteiger partial charge in [0.15, 0.2) is 11.5 Å². The maximum Gasteiger partial charge on any atom is 0.294 e. The van der Waals surface area contributed by atoms with Gasteiger partial charge >= 0.3 is 0 Å². The van der Waals surface area contributed by atoms with Crippen molar-refractivity contribution in [2.24, 2.45) is 0 Å². The molecule has 0 saturated heterocycles. The minimum absolute atomic E-state index is 0.0129. The third kappa shape index (κ3) is 3.48. The second kappa shape index (κ2) is 8.29. The van der Waals surface area contributed by atoms with Gasteiger partial charge in [-0.15, -0.1) is 0 Å². The summed E-state index contributed by atoms with van der Waals surface area (Å²) in [6.07, 6.45) is 2.27. The van der Waals surface area contributed by atoms with Gasteiger partial charge in [-0.3, -0.25) is 14.5 Å². The summed E-state index contributed by atoms with van der Waals surface area (Å²) in [7, 11) is 0. The first-order valence-corrected chi connectivity index (χ1v) is 9.74. The van der Waals surface area contributed by atoms with E-state index >= 15 is 0 Å². The Morgan fingerprint density at radius 1 is 1.07 bits per heavy atom. The lowest BCUT2D eigenvalue weighted by Gasteiger charge is -2.26. The molecule has 1 aliphatic rings. The van der Waals surface area contributed by atoms with Crippen LogP contribution in [0.5, 0.6) is 5.75 Å². The molecule has 1 aliphatic heterocycles. The predicted octanol–water partition coefficient (Wildman–Crippen LogP) is 4.85. The van der Waals surface area contributed by atoms with Crippen LogP contribution in [0, 0.1) is 0 Å². The number of aliphatic hydroxyl groups is 1. The second-order valence-corrected chi connectivity index (χ2v) is 6.90. The Labute approximate surface area is 174 Å². The maximum atomic E-state index is 13.1. The fourth-order valence-corrected chi connectivity index (χ4v) is 3.51. The molecule has 6 nitrogen and oxygen atoms in total. The van der Waals surface area contributed by atoms with Gasteiger partial charge in [-0.05, 0) is 48.4 Å². The Bertz CT molecular complexity index is 1070. The van der Waals surface area contributed by atoms with Crippen LogP contribution in [0.1, 0.15) is 35.5 Å². The smallest absolute Gasteiger partial charge is 0.294 e. The van der Waals surface area contributed by atoms with Crippen LogP contribution >= 0.6 is 0 Å². The molecule has 30 heavy (non-hydrogen) atoms. The van der Waals surface area contributed by atoms with Gasteiger partial charge in [0.25, 0.3) is 5.91 Å². The zero-order chi connectivity index (χ0) is 21.1. The molecule has 6 heteroatoms. The van der Waals surface area contributed by atoms with Crippen LogP contribution in [0.25, 0.3) is 0 Å². The largest absolute Gasteiger partial charge is 0.503 e. The summed E-state index contributed by atoms with van der Waals surface area (Å²) in [5.74, 6) is -0.972. The van der Waals surface area contributed by atoms with Crippen molar-refractivity contribution in [3.05, 3.63) is 95.6 Å². The lowest BCUT2D eigenvalue weighted by Crippen LogP contribution is -2.31. The molecule has 1 amide bonds. The van der Waals surface area contributed by atoms with E-state index in [1.165, 1.54) is 17.2 Å². The first kappa shape index (κ1) is 19.5. The number of ketones is 1. The topological polar surface area (TPSA) is 80.0 Å². The number of aliphatic hydroxyl groups excluding tert-OH is 1. The van der Waals surface area contributed by atoms with Crippen molar-refractivity contribution in [1.82, 2.24) is 0 Å². The van der Waals surface area contributed by atoms with Gasteiger partial charge in [-0.25, -0.2) is 0 Å². The predicted molar refractivity (Wildman–Crippen MR) is 112 cm³/mol. The molecular formula is C24H21NO5. The Kier molecular flexibility index (Phi) is 5.39. The van der Waals surface area contributed by atoms with E-state index in [2.05, 4.69) is 0 Å². The molecule has 0 bridgehead atoms. The number of benzene rings is 2. The van der Waals surface area contributed by atoms with Crippen LogP contribution in [0.15, 0.2) is 88.7 Å². The van der Waals surface area contributed by atoms with Crippen molar-refractivity contribution in [3.63, 3.8) is 0 Å². The standard InChI is InChI=1S/C24H21NO5/c1-2-14-29-18-12-10-16(11-13-18)21-20(22(26)19-9-6-15-30-19)23(27)24(28)25(21)17-7-4-3-5-8-17/h3-13,15,21,27H,2,14H2,1H3. The van der Waals surface area contributed by atoms with E-state index in [9.17, 15) is 14.7 Å². The number of para-hydroxylation sites is 1. The highest BCUT2D eigenvalue weighted by Crippen LogP contribution is 2.42. The van der Waals surface area contributed by atoms with E-state index in [0.717, 1.165) is 6.42 Å². The second-order valence-electron chi connectivity index (χ2n) is 6.90. The number of carbonyl (C=O) groups is 2. The quantitative estimate of drug-likeness (QED) is 0.571. The summed E-state index contributed by atoms with van der Waals surface area (Å²) < 4.78 is 10.9. The molecule has 0 radical (unpaired) electrons. The number of hydrogen-bond donors (Lipinski definition) is 1. The first-order chi connectivity index (χ1) is 14.6. The fraction of sp³-hybridized carbons (Fsp3) is 0.167. The molecule has 0 spiro atoms. The molecule has 1 N–H and O–H groups in total. The molecular weight excluding hydrogens is 382 g/mol. The average Bonchev–Trinajstić information content (AvgIpc) is 3.40. The summed E-state index contributed by atoms with van der Waals surface area (Å²) in [4.78, 5) is 27.5. The van der Waals surface area contributed by atoms with Gasteiger partial charge < -0.3 is 14.3 Å².